The van der Waals surface area contributed by atoms with Crippen molar-refractivity contribution in [3.05, 3.63) is 29.6 Å². The van der Waals surface area contributed by atoms with E-state index in [1.165, 1.54) is 37.0 Å². The van der Waals surface area contributed by atoms with Crippen molar-refractivity contribution in [2.75, 3.05) is 26.0 Å². The van der Waals surface area contributed by atoms with Gasteiger partial charge < -0.3 is 9.47 Å². The smallest absolute Gasteiger partial charge is 0.111 e. The highest BCUT2D eigenvalue weighted by molar-refractivity contribution is 6.17. The summed E-state index contributed by atoms with van der Waals surface area (Å²) in [7, 11) is 2.22. The highest BCUT2D eigenvalue weighted by Crippen LogP contribution is 2.24. The Hall–Kier alpha value is -1.06. The lowest BCUT2D eigenvalue weighted by Gasteiger charge is -2.30. The lowest BCUT2D eigenvalue weighted by molar-refractivity contribution is 0.194. The summed E-state index contributed by atoms with van der Waals surface area (Å²) in [6, 6.07) is 6.46. The zero-order chi connectivity index (χ0) is 14.8. The lowest BCUT2D eigenvalue weighted by Crippen LogP contribution is -2.34. The van der Waals surface area contributed by atoms with E-state index in [1.54, 1.807) is 0 Å². The van der Waals surface area contributed by atoms with Gasteiger partial charge >= 0.3 is 0 Å². The Morgan fingerprint density at radius 2 is 2.24 bits per heavy atom. The van der Waals surface area contributed by atoms with E-state index in [9.17, 15) is 0 Å². The minimum atomic E-state index is 0.632. The second-order valence-electron chi connectivity index (χ2n) is 6.29. The number of fused-ring (bicyclic) bond motifs is 1. The average molecular weight is 306 g/mol. The topological polar surface area (TPSA) is 21.1 Å². The van der Waals surface area contributed by atoms with E-state index in [2.05, 4.69) is 41.6 Å². The Morgan fingerprint density at radius 3 is 3.00 bits per heavy atom. The van der Waals surface area contributed by atoms with Crippen molar-refractivity contribution in [1.82, 2.24) is 14.5 Å². The van der Waals surface area contributed by atoms with Gasteiger partial charge in [-0.05, 0) is 50.9 Å². The molecular formula is C17H24ClN3. The molecule has 21 heavy (non-hydrogen) atoms. The molecule has 1 aromatic carbocycles. The lowest BCUT2D eigenvalue weighted by atomic mass is 9.98. The predicted molar refractivity (Wildman–Crippen MR) is 89.1 cm³/mol. The average Bonchev–Trinajstić information content (AvgIpc) is 2.79. The van der Waals surface area contributed by atoms with E-state index < -0.39 is 0 Å². The summed E-state index contributed by atoms with van der Waals surface area (Å²) in [5.41, 5.74) is 3.66. The first-order valence-electron chi connectivity index (χ1n) is 7.88. The van der Waals surface area contributed by atoms with Crippen molar-refractivity contribution in [2.45, 2.75) is 32.7 Å². The van der Waals surface area contributed by atoms with Crippen LogP contribution < -0.4 is 0 Å². The molecule has 2 aromatic rings. The number of piperidine rings is 1. The molecule has 0 aliphatic carbocycles. The van der Waals surface area contributed by atoms with Crippen LogP contribution in [0.15, 0.2) is 18.2 Å². The number of imidazole rings is 1. The molecular weight excluding hydrogens is 282 g/mol. The molecule has 1 aliphatic rings. The molecule has 0 saturated carbocycles. The quantitative estimate of drug-likeness (QED) is 0.807. The first-order chi connectivity index (χ1) is 10.2. The summed E-state index contributed by atoms with van der Waals surface area (Å²) in [6.45, 7) is 5.62. The number of alkyl halides is 1. The number of para-hydroxylation sites is 1. The molecule has 114 valence electrons. The maximum atomic E-state index is 5.98. The van der Waals surface area contributed by atoms with E-state index in [1.807, 2.05) is 0 Å². The summed E-state index contributed by atoms with van der Waals surface area (Å²) in [5, 5.41) is 0. The monoisotopic (exact) mass is 305 g/mol. The predicted octanol–water partition coefficient (Wildman–Crippen LogP) is 3.47. The Kier molecular flexibility index (Phi) is 4.51. The first kappa shape index (κ1) is 14.9. The van der Waals surface area contributed by atoms with E-state index in [4.69, 9.17) is 16.6 Å². The van der Waals surface area contributed by atoms with E-state index in [0.717, 1.165) is 30.2 Å². The van der Waals surface area contributed by atoms with Gasteiger partial charge in [-0.15, -0.1) is 11.6 Å². The van der Waals surface area contributed by atoms with Gasteiger partial charge in [0.05, 0.1) is 11.0 Å². The Bertz CT molecular complexity index is 620. The highest BCUT2D eigenvalue weighted by Gasteiger charge is 2.20. The summed E-state index contributed by atoms with van der Waals surface area (Å²) < 4.78 is 2.41. The van der Waals surface area contributed by atoms with Crippen molar-refractivity contribution in [2.24, 2.45) is 5.92 Å². The number of hydrogen-bond acceptors (Lipinski definition) is 2. The SMILES string of the molecule is Cc1cccc2c1nc(CCCl)n2CC1CCCN(C)C1. The number of aromatic nitrogens is 2. The number of halogens is 1. The maximum absolute atomic E-state index is 5.98. The van der Waals surface area contributed by atoms with Crippen LogP contribution >= 0.6 is 11.6 Å². The summed E-state index contributed by atoms with van der Waals surface area (Å²) in [4.78, 5) is 7.30. The molecule has 4 heteroatoms. The zero-order valence-corrected chi connectivity index (χ0v) is 13.7. The van der Waals surface area contributed by atoms with Gasteiger partial charge in [-0.2, -0.15) is 0 Å². The van der Waals surface area contributed by atoms with Crippen molar-refractivity contribution < 1.29 is 0 Å². The van der Waals surface area contributed by atoms with Crippen LogP contribution in [0.2, 0.25) is 0 Å². The third kappa shape index (κ3) is 3.09. The van der Waals surface area contributed by atoms with Crippen LogP contribution in [-0.4, -0.2) is 40.5 Å². The molecule has 0 spiro atoms. The van der Waals surface area contributed by atoms with Crippen LogP contribution in [0.25, 0.3) is 11.0 Å². The molecule has 1 aliphatic heterocycles. The van der Waals surface area contributed by atoms with Crippen molar-refractivity contribution in [3.8, 4) is 0 Å². The van der Waals surface area contributed by atoms with Gasteiger partial charge in [-0.25, -0.2) is 4.98 Å². The van der Waals surface area contributed by atoms with Gasteiger partial charge in [0.15, 0.2) is 0 Å². The molecule has 3 rings (SSSR count). The number of aryl methyl sites for hydroxylation is 2. The molecule has 1 aromatic heterocycles. The fourth-order valence-electron chi connectivity index (χ4n) is 3.49. The van der Waals surface area contributed by atoms with Crippen LogP contribution in [-0.2, 0) is 13.0 Å². The number of nitrogens with zero attached hydrogens (tertiary/aromatic N) is 3. The Balaban J connectivity index is 1.95. The number of hydrogen-bond donors (Lipinski definition) is 0. The highest BCUT2D eigenvalue weighted by atomic mass is 35.5. The molecule has 0 N–H and O–H groups in total. The Morgan fingerprint density at radius 1 is 1.38 bits per heavy atom. The molecule has 1 atom stereocenters. The van der Waals surface area contributed by atoms with Gasteiger partial charge in [-0.3, -0.25) is 0 Å². The zero-order valence-electron chi connectivity index (χ0n) is 13.0. The van der Waals surface area contributed by atoms with Gasteiger partial charge in [-0.1, -0.05) is 12.1 Å². The summed E-state index contributed by atoms with van der Waals surface area (Å²) >= 11 is 5.98. The fraction of sp³-hybridized carbons (Fsp3) is 0.588. The maximum Gasteiger partial charge on any atom is 0.111 e. The molecule has 3 nitrogen and oxygen atoms in total. The van der Waals surface area contributed by atoms with Crippen LogP contribution in [0, 0.1) is 12.8 Å². The molecule has 0 bridgehead atoms. The minimum absolute atomic E-state index is 0.632. The normalized spacial score (nSPS) is 20.2. The minimum Gasteiger partial charge on any atom is -0.328 e. The van der Waals surface area contributed by atoms with Crippen LogP contribution in [0.5, 0.6) is 0 Å². The first-order valence-corrected chi connectivity index (χ1v) is 8.41. The number of benzene rings is 1. The molecule has 1 saturated heterocycles. The third-order valence-electron chi connectivity index (χ3n) is 4.54. The second-order valence-corrected chi connectivity index (χ2v) is 6.67. The van der Waals surface area contributed by atoms with Gasteiger partial charge in [0.1, 0.15) is 5.82 Å². The molecule has 1 fully saturated rings. The molecule has 0 radical (unpaired) electrons. The van der Waals surface area contributed by atoms with Gasteiger partial charge in [0.2, 0.25) is 0 Å². The summed E-state index contributed by atoms with van der Waals surface area (Å²) in [5.74, 6) is 2.49. The van der Waals surface area contributed by atoms with E-state index in [-0.39, 0.29) is 0 Å². The van der Waals surface area contributed by atoms with Gasteiger partial charge in [0, 0.05) is 25.4 Å². The number of rotatable bonds is 4. The second kappa shape index (κ2) is 6.37. The largest absolute Gasteiger partial charge is 0.328 e. The van der Waals surface area contributed by atoms with Crippen LogP contribution in [0.3, 0.4) is 0 Å². The fourth-order valence-corrected chi connectivity index (χ4v) is 3.66. The molecule has 0 amide bonds. The van der Waals surface area contributed by atoms with Crippen molar-refractivity contribution in [1.29, 1.82) is 0 Å². The standard InChI is InChI=1S/C17H24ClN3/c1-13-5-3-7-15-17(13)19-16(8-9-18)21(15)12-14-6-4-10-20(2)11-14/h3,5,7,14H,4,6,8-12H2,1-2H3. The Labute approximate surface area is 131 Å². The van der Waals surface area contributed by atoms with Crippen LogP contribution in [0.1, 0.15) is 24.2 Å². The van der Waals surface area contributed by atoms with Crippen LogP contribution in [0.4, 0.5) is 0 Å². The van der Waals surface area contributed by atoms with E-state index >= 15 is 0 Å². The van der Waals surface area contributed by atoms with Gasteiger partial charge in [0.25, 0.3) is 0 Å². The van der Waals surface area contributed by atoms with Crippen molar-refractivity contribution >= 4 is 22.6 Å². The van der Waals surface area contributed by atoms with Crippen molar-refractivity contribution in [3.63, 3.8) is 0 Å². The molecule has 1 unspecified atom stereocenters. The van der Waals surface area contributed by atoms with E-state index in [0.29, 0.717) is 5.88 Å². The number of likely N-dealkylation sites (tertiary alicyclic amines) is 1. The summed E-state index contributed by atoms with van der Waals surface area (Å²) in [6.07, 6.45) is 3.46. The third-order valence-corrected chi connectivity index (χ3v) is 4.73. The molecule has 2 heterocycles.